The van der Waals surface area contributed by atoms with Gasteiger partial charge in [-0.2, -0.15) is 0 Å². The number of nitrogens with zero attached hydrogens (tertiary/aromatic N) is 4. The van der Waals surface area contributed by atoms with E-state index >= 15 is 0 Å². The van der Waals surface area contributed by atoms with Gasteiger partial charge >= 0.3 is 6.09 Å². The van der Waals surface area contributed by atoms with Crippen LogP contribution in [-0.2, 0) is 23.7 Å². The van der Waals surface area contributed by atoms with Crippen LogP contribution in [0.5, 0.6) is 0 Å². The molecule has 0 spiro atoms. The first-order valence-corrected chi connectivity index (χ1v) is 12.4. The van der Waals surface area contributed by atoms with Crippen molar-refractivity contribution in [3.05, 3.63) is 23.7 Å². The number of hydrogen-bond donors (Lipinski definition) is 2. The number of halogens is 1. The minimum absolute atomic E-state index is 0.276. The van der Waals surface area contributed by atoms with Crippen LogP contribution in [0.2, 0.25) is 5.15 Å². The first kappa shape index (κ1) is 25.6. The molecule has 2 N–H and O–H groups in total. The third-order valence-electron chi connectivity index (χ3n) is 6.25. The molecule has 13 heteroatoms. The minimum atomic E-state index is -0.758. The Labute approximate surface area is 214 Å². The molecule has 0 radical (unpaired) electrons. The molecule has 0 aromatic carbocycles. The molecular weight excluding hydrogens is 492 g/mol. The van der Waals surface area contributed by atoms with Crippen molar-refractivity contribution >= 4 is 28.7 Å². The van der Waals surface area contributed by atoms with Crippen molar-refractivity contribution in [1.29, 1.82) is 0 Å². The van der Waals surface area contributed by atoms with Gasteiger partial charge in [-0.05, 0) is 40.7 Å². The molecule has 0 saturated carbocycles. The van der Waals surface area contributed by atoms with Gasteiger partial charge in [-0.25, -0.2) is 20.2 Å². The van der Waals surface area contributed by atoms with Gasteiger partial charge in [0.25, 0.3) is 0 Å². The van der Waals surface area contributed by atoms with Crippen LogP contribution < -0.4 is 10.9 Å². The zero-order chi connectivity index (χ0) is 25.7. The van der Waals surface area contributed by atoms with E-state index in [4.69, 9.17) is 35.3 Å². The lowest BCUT2D eigenvalue weighted by molar-refractivity contribution is -0.200. The fraction of sp³-hybridized carbons (Fsp3) is 0.696. The van der Waals surface area contributed by atoms with Crippen molar-refractivity contribution in [3.63, 3.8) is 0 Å². The highest BCUT2D eigenvalue weighted by atomic mass is 35.5. The zero-order valence-corrected chi connectivity index (χ0v) is 21.8. The maximum Gasteiger partial charge on any atom is 0.422 e. The van der Waals surface area contributed by atoms with Gasteiger partial charge in [0.1, 0.15) is 47.2 Å². The van der Waals surface area contributed by atoms with Crippen molar-refractivity contribution in [3.8, 4) is 0 Å². The second-order valence-corrected chi connectivity index (χ2v) is 11.0. The molecule has 36 heavy (non-hydrogen) atoms. The minimum Gasteiger partial charge on any atom is -0.443 e. The van der Waals surface area contributed by atoms with Crippen LogP contribution in [0.4, 0.5) is 4.79 Å². The summed E-state index contributed by atoms with van der Waals surface area (Å²) in [5.41, 5.74) is 5.71. The quantitative estimate of drug-likeness (QED) is 0.444. The number of nitrogens with one attached hydrogen (secondary N) is 2. The summed E-state index contributed by atoms with van der Waals surface area (Å²) in [7, 11) is 0. The third-order valence-corrected chi connectivity index (χ3v) is 6.55. The summed E-state index contributed by atoms with van der Waals surface area (Å²) in [6.07, 6.45) is 1.07. The van der Waals surface area contributed by atoms with Crippen molar-refractivity contribution in [2.75, 3.05) is 26.3 Å². The molecule has 198 valence electrons. The number of aromatic nitrogens is 3. The maximum atomic E-state index is 12.1. The van der Waals surface area contributed by atoms with Crippen molar-refractivity contribution in [2.24, 2.45) is 0 Å². The van der Waals surface area contributed by atoms with Gasteiger partial charge in [0.2, 0.25) is 0 Å². The Kier molecular flexibility index (Phi) is 6.87. The van der Waals surface area contributed by atoms with Crippen LogP contribution in [0.1, 0.15) is 40.8 Å². The number of rotatable bonds is 5. The zero-order valence-electron chi connectivity index (χ0n) is 21.1. The lowest BCUT2D eigenvalue weighted by atomic mass is 10.1. The standard InChI is InChI=1S/C23H33ClN6O6/c1-22(2,3)36-21(31)28-27-15-11-32-9-8-29(15)10-14-16-17(35-23(4,5)34-16)20(33-14)30-7-6-13-18(24)25-12-26-19(13)30/h6-7,12,14-17,20,27H,8-11H2,1-5H3,(H,28,31)/t14-,15+,16-,17-,20-/m1/s1. The molecule has 5 rings (SSSR count). The Balaban J connectivity index is 1.32. The Bertz CT molecular complexity index is 1110. The van der Waals surface area contributed by atoms with Gasteiger partial charge in [-0.1, -0.05) is 11.6 Å². The molecule has 2 aromatic rings. The predicted octanol–water partition coefficient (Wildman–Crippen LogP) is 2.19. The van der Waals surface area contributed by atoms with Gasteiger partial charge in [-0.15, -0.1) is 0 Å². The van der Waals surface area contributed by atoms with Gasteiger partial charge in [0, 0.05) is 19.3 Å². The van der Waals surface area contributed by atoms with Crippen molar-refractivity contribution in [2.45, 2.75) is 76.7 Å². The topological polar surface area (TPSA) is 121 Å². The molecule has 2 aromatic heterocycles. The predicted molar refractivity (Wildman–Crippen MR) is 129 cm³/mol. The molecule has 5 atom stereocenters. The molecule has 12 nitrogen and oxygen atoms in total. The van der Waals surface area contributed by atoms with Gasteiger partial charge in [0.15, 0.2) is 12.0 Å². The Hall–Kier alpha value is -2.06. The SMILES string of the molecule is CC(C)(C)OC(=O)NN[C@@H]1COCCN1C[C@H]1O[C@@H](n2ccc3c(Cl)ncnc32)[C@@H]2OC(C)(C)O[C@@H]21. The number of hydrogen-bond acceptors (Lipinski definition) is 10. The van der Waals surface area contributed by atoms with Crippen LogP contribution >= 0.6 is 11.6 Å². The number of ether oxygens (including phenoxy) is 5. The summed E-state index contributed by atoms with van der Waals surface area (Å²) in [5, 5.41) is 1.13. The highest BCUT2D eigenvalue weighted by molar-refractivity contribution is 6.33. The molecule has 3 fully saturated rings. The second kappa shape index (κ2) is 9.67. The Morgan fingerprint density at radius 2 is 2.06 bits per heavy atom. The van der Waals surface area contributed by atoms with E-state index in [0.29, 0.717) is 37.1 Å². The Morgan fingerprint density at radius 1 is 1.28 bits per heavy atom. The first-order valence-electron chi connectivity index (χ1n) is 12.1. The summed E-state index contributed by atoms with van der Waals surface area (Å²) in [4.78, 5) is 22.8. The van der Waals surface area contributed by atoms with Crippen LogP contribution in [-0.4, -0.2) is 87.7 Å². The Morgan fingerprint density at radius 3 is 2.83 bits per heavy atom. The molecule has 3 saturated heterocycles. The van der Waals surface area contributed by atoms with Gasteiger partial charge in [0.05, 0.1) is 18.6 Å². The molecule has 3 aliphatic rings. The number of carbonyl (C=O) groups excluding carboxylic acids is 1. The molecule has 1 amide bonds. The average Bonchev–Trinajstić information content (AvgIpc) is 3.44. The van der Waals surface area contributed by atoms with E-state index in [-0.39, 0.29) is 24.5 Å². The molecule has 0 aliphatic carbocycles. The normalized spacial score (nSPS) is 30.4. The fourth-order valence-corrected chi connectivity index (χ4v) is 5.03. The van der Waals surface area contributed by atoms with E-state index in [2.05, 4.69) is 25.7 Å². The van der Waals surface area contributed by atoms with Gasteiger partial charge < -0.3 is 28.3 Å². The van der Waals surface area contributed by atoms with E-state index < -0.39 is 23.7 Å². The van der Waals surface area contributed by atoms with Crippen molar-refractivity contribution < 1.29 is 28.5 Å². The van der Waals surface area contributed by atoms with E-state index in [1.54, 1.807) is 0 Å². The molecule has 0 bridgehead atoms. The summed E-state index contributed by atoms with van der Waals surface area (Å²) < 4.78 is 32.0. The van der Waals surface area contributed by atoms with Crippen LogP contribution in [0.15, 0.2) is 18.6 Å². The smallest absolute Gasteiger partial charge is 0.422 e. The van der Waals surface area contributed by atoms with Crippen LogP contribution in [0.25, 0.3) is 11.0 Å². The van der Waals surface area contributed by atoms with Gasteiger partial charge in [-0.3, -0.25) is 10.3 Å². The monoisotopic (exact) mass is 524 g/mol. The molecule has 3 aliphatic heterocycles. The summed E-state index contributed by atoms with van der Waals surface area (Å²) in [5.74, 6) is -0.758. The maximum absolute atomic E-state index is 12.1. The van der Waals surface area contributed by atoms with Crippen LogP contribution in [0.3, 0.4) is 0 Å². The molecule has 5 heterocycles. The van der Waals surface area contributed by atoms with E-state index in [1.807, 2.05) is 51.4 Å². The highest BCUT2D eigenvalue weighted by Gasteiger charge is 2.56. The number of hydrazine groups is 1. The lowest BCUT2D eigenvalue weighted by Gasteiger charge is -2.38. The summed E-state index contributed by atoms with van der Waals surface area (Å²) >= 11 is 6.27. The lowest BCUT2D eigenvalue weighted by Crippen LogP contribution is -2.60. The highest BCUT2D eigenvalue weighted by Crippen LogP contribution is 2.44. The number of fused-ring (bicyclic) bond motifs is 2. The van der Waals surface area contributed by atoms with E-state index in [1.165, 1.54) is 6.33 Å². The second-order valence-electron chi connectivity index (χ2n) is 10.6. The van der Waals surface area contributed by atoms with Crippen molar-refractivity contribution in [1.82, 2.24) is 30.3 Å². The fourth-order valence-electron chi connectivity index (χ4n) is 4.84. The van der Waals surface area contributed by atoms with E-state index in [9.17, 15) is 4.79 Å². The number of amides is 1. The summed E-state index contributed by atoms with van der Waals surface area (Å²) in [6.45, 7) is 11.4. The number of morpholine rings is 1. The number of carbonyl (C=O) groups is 1. The van der Waals surface area contributed by atoms with E-state index in [0.717, 1.165) is 5.39 Å². The summed E-state index contributed by atoms with van der Waals surface area (Å²) in [6, 6.07) is 1.87. The largest absolute Gasteiger partial charge is 0.443 e. The average molecular weight is 525 g/mol. The van der Waals surface area contributed by atoms with Crippen LogP contribution in [0, 0.1) is 0 Å². The molecular formula is C23H33ClN6O6. The third kappa shape index (κ3) is 5.30. The molecule has 0 unspecified atom stereocenters. The first-order chi connectivity index (χ1) is 17.0.